The van der Waals surface area contributed by atoms with Crippen molar-refractivity contribution in [1.29, 1.82) is 0 Å². The Morgan fingerprint density at radius 2 is 1.67 bits per heavy atom. The summed E-state index contributed by atoms with van der Waals surface area (Å²) in [6.07, 6.45) is 0. The Morgan fingerprint density at radius 1 is 1.17 bits per heavy atom. The average molecular weight is 265 g/mol. The van der Waals surface area contributed by atoms with Gasteiger partial charge in [-0.1, -0.05) is 58.9 Å². The summed E-state index contributed by atoms with van der Waals surface area (Å²) in [7, 11) is 0. The highest BCUT2D eigenvalue weighted by Crippen LogP contribution is 2.65. The van der Waals surface area contributed by atoms with E-state index in [0.29, 0.717) is 0 Å². The standard InChI is InChI=1S/C16H21ClO/c1-15(2,3)11-8-6-10(7-9-11)12-13(14(17)18)16(12,4)5/h6-9,12-13H,1-5H3/t12-,13+/m1/s1. The molecule has 0 unspecified atom stereocenters. The molecular weight excluding hydrogens is 244 g/mol. The van der Waals surface area contributed by atoms with Gasteiger partial charge in [-0.3, -0.25) is 4.79 Å². The normalized spacial score (nSPS) is 25.9. The summed E-state index contributed by atoms with van der Waals surface area (Å²) in [4.78, 5) is 11.4. The van der Waals surface area contributed by atoms with E-state index < -0.39 is 0 Å². The van der Waals surface area contributed by atoms with Crippen LogP contribution in [0.25, 0.3) is 0 Å². The fourth-order valence-corrected chi connectivity index (χ4v) is 3.28. The van der Waals surface area contributed by atoms with Gasteiger partial charge in [0.1, 0.15) is 0 Å². The van der Waals surface area contributed by atoms with Crippen molar-refractivity contribution in [2.24, 2.45) is 11.3 Å². The first kappa shape index (κ1) is 13.6. The SMILES string of the molecule is CC(C)(C)c1ccc([C@@H]2[C@@H](C(=O)Cl)C2(C)C)cc1. The zero-order valence-electron chi connectivity index (χ0n) is 11.8. The first-order chi connectivity index (χ1) is 8.15. The minimum Gasteiger partial charge on any atom is -0.281 e. The van der Waals surface area contributed by atoms with Crippen LogP contribution in [-0.4, -0.2) is 5.24 Å². The van der Waals surface area contributed by atoms with Crippen LogP contribution in [0.15, 0.2) is 24.3 Å². The van der Waals surface area contributed by atoms with E-state index in [-0.39, 0.29) is 27.9 Å². The third-order valence-corrected chi connectivity index (χ3v) is 4.44. The van der Waals surface area contributed by atoms with Crippen molar-refractivity contribution in [2.75, 3.05) is 0 Å². The van der Waals surface area contributed by atoms with Crippen LogP contribution in [0.3, 0.4) is 0 Å². The quantitative estimate of drug-likeness (QED) is 0.720. The topological polar surface area (TPSA) is 17.1 Å². The number of benzene rings is 1. The summed E-state index contributed by atoms with van der Waals surface area (Å²) in [5, 5.41) is -0.204. The minimum atomic E-state index is -0.204. The van der Waals surface area contributed by atoms with Crippen LogP contribution in [0.2, 0.25) is 0 Å². The Bertz CT molecular complexity index is 465. The zero-order valence-corrected chi connectivity index (χ0v) is 12.5. The molecule has 0 amide bonds. The Kier molecular flexibility index (Phi) is 3.09. The predicted molar refractivity (Wildman–Crippen MR) is 76.0 cm³/mol. The van der Waals surface area contributed by atoms with Gasteiger partial charge in [-0.25, -0.2) is 0 Å². The van der Waals surface area contributed by atoms with Crippen LogP contribution < -0.4 is 0 Å². The largest absolute Gasteiger partial charge is 0.281 e. The molecule has 2 rings (SSSR count). The van der Waals surface area contributed by atoms with Crippen LogP contribution >= 0.6 is 11.6 Å². The Labute approximate surface area is 115 Å². The first-order valence-corrected chi connectivity index (χ1v) is 6.83. The van der Waals surface area contributed by atoms with Crippen molar-refractivity contribution in [1.82, 2.24) is 0 Å². The Balaban J connectivity index is 2.25. The molecular formula is C16H21ClO. The second-order valence-corrected chi connectivity index (χ2v) is 7.33. The van der Waals surface area contributed by atoms with E-state index in [9.17, 15) is 4.79 Å². The van der Waals surface area contributed by atoms with E-state index in [1.54, 1.807) is 0 Å². The molecule has 1 aromatic rings. The van der Waals surface area contributed by atoms with Crippen molar-refractivity contribution in [2.45, 2.75) is 46.0 Å². The molecule has 1 fully saturated rings. The van der Waals surface area contributed by atoms with Gasteiger partial charge in [-0.2, -0.15) is 0 Å². The number of rotatable bonds is 2. The van der Waals surface area contributed by atoms with Crippen LogP contribution in [0.4, 0.5) is 0 Å². The second-order valence-electron chi connectivity index (χ2n) is 6.95. The van der Waals surface area contributed by atoms with Gasteiger partial charge in [0.2, 0.25) is 5.24 Å². The monoisotopic (exact) mass is 264 g/mol. The summed E-state index contributed by atoms with van der Waals surface area (Å²) < 4.78 is 0. The average Bonchev–Trinajstić information content (AvgIpc) is 2.80. The van der Waals surface area contributed by atoms with Crippen molar-refractivity contribution in [3.8, 4) is 0 Å². The third-order valence-electron chi connectivity index (χ3n) is 4.21. The molecule has 0 spiro atoms. The van der Waals surface area contributed by atoms with Crippen molar-refractivity contribution >= 4 is 16.8 Å². The molecule has 1 saturated carbocycles. The van der Waals surface area contributed by atoms with Crippen LogP contribution in [0.1, 0.15) is 51.7 Å². The molecule has 1 aromatic carbocycles. The van der Waals surface area contributed by atoms with E-state index in [0.717, 1.165) is 0 Å². The lowest BCUT2D eigenvalue weighted by Crippen LogP contribution is -2.10. The summed E-state index contributed by atoms with van der Waals surface area (Å²) in [6, 6.07) is 8.62. The molecule has 2 atom stereocenters. The number of hydrogen-bond acceptors (Lipinski definition) is 1. The zero-order chi connectivity index (χ0) is 13.7. The van der Waals surface area contributed by atoms with E-state index in [4.69, 9.17) is 11.6 Å². The smallest absolute Gasteiger partial charge is 0.225 e. The lowest BCUT2D eigenvalue weighted by molar-refractivity contribution is -0.113. The fourth-order valence-electron chi connectivity index (χ4n) is 2.87. The maximum Gasteiger partial charge on any atom is 0.225 e. The highest BCUT2D eigenvalue weighted by Gasteiger charge is 2.61. The maximum absolute atomic E-state index is 11.4. The third kappa shape index (κ3) is 2.21. The fraction of sp³-hybridized carbons (Fsp3) is 0.562. The van der Waals surface area contributed by atoms with Crippen molar-refractivity contribution in [3.63, 3.8) is 0 Å². The maximum atomic E-state index is 11.4. The van der Waals surface area contributed by atoms with Gasteiger partial charge < -0.3 is 0 Å². The van der Waals surface area contributed by atoms with Crippen LogP contribution in [0, 0.1) is 11.3 Å². The predicted octanol–water partition coefficient (Wildman–Crippen LogP) is 4.49. The molecule has 0 radical (unpaired) electrons. The van der Waals surface area contributed by atoms with Gasteiger partial charge in [-0.05, 0) is 33.6 Å². The molecule has 0 aliphatic heterocycles. The molecule has 0 N–H and O–H groups in total. The minimum absolute atomic E-state index is 0.00207. The van der Waals surface area contributed by atoms with Gasteiger partial charge in [-0.15, -0.1) is 0 Å². The highest BCUT2D eigenvalue weighted by molar-refractivity contribution is 6.64. The summed E-state index contributed by atoms with van der Waals surface area (Å²) in [5.74, 6) is 0.246. The number of carbonyl (C=O) groups excluding carboxylic acids is 1. The van der Waals surface area contributed by atoms with Gasteiger partial charge >= 0.3 is 0 Å². The van der Waals surface area contributed by atoms with Gasteiger partial charge in [0.25, 0.3) is 0 Å². The van der Waals surface area contributed by atoms with E-state index >= 15 is 0 Å². The van der Waals surface area contributed by atoms with Crippen LogP contribution in [0.5, 0.6) is 0 Å². The number of carbonyl (C=O) groups is 1. The molecule has 98 valence electrons. The molecule has 0 saturated heterocycles. The van der Waals surface area contributed by atoms with Gasteiger partial charge in [0.15, 0.2) is 0 Å². The summed E-state index contributed by atoms with van der Waals surface area (Å²) >= 11 is 5.67. The highest BCUT2D eigenvalue weighted by atomic mass is 35.5. The van der Waals surface area contributed by atoms with Crippen molar-refractivity contribution < 1.29 is 4.79 Å². The molecule has 0 heterocycles. The summed E-state index contributed by atoms with van der Waals surface area (Å²) in [5.41, 5.74) is 2.71. The number of hydrogen-bond donors (Lipinski definition) is 0. The van der Waals surface area contributed by atoms with E-state index in [2.05, 4.69) is 58.9 Å². The lowest BCUT2D eigenvalue weighted by atomic mass is 9.86. The molecule has 1 aliphatic carbocycles. The second kappa shape index (κ2) is 4.09. The Hall–Kier alpha value is -0.820. The first-order valence-electron chi connectivity index (χ1n) is 6.45. The van der Waals surface area contributed by atoms with E-state index in [1.807, 2.05) is 0 Å². The lowest BCUT2D eigenvalue weighted by Gasteiger charge is -2.19. The molecule has 0 bridgehead atoms. The van der Waals surface area contributed by atoms with Crippen LogP contribution in [-0.2, 0) is 10.2 Å². The van der Waals surface area contributed by atoms with E-state index in [1.165, 1.54) is 11.1 Å². The summed E-state index contributed by atoms with van der Waals surface area (Å²) in [6.45, 7) is 10.8. The molecule has 1 nitrogen and oxygen atoms in total. The molecule has 2 heteroatoms. The molecule has 1 aliphatic rings. The number of halogens is 1. The Morgan fingerprint density at radius 3 is 2.00 bits per heavy atom. The van der Waals surface area contributed by atoms with Crippen molar-refractivity contribution in [3.05, 3.63) is 35.4 Å². The van der Waals surface area contributed by atoms with Gasteiger partial charge in [0, 0.05) is 11.8 Å². The molecule has 0 aromatic heterocycles. The van der Waals surface area contributed by atoms with Gasteiger partial charge in [0.05, 0.1) is 0 Å². The molecule has 18 heavy (non-hydrogen) atoms.